The molecule has 28 heavy (non-hydrogen) atoms. The third kappa shape index (κ3) is 2.23. The summed E-state index contributed by atoms with van der Waals surface area (Å²) in [7, 11) is 0. The summed E-state index contributed by atoms with van der Waals surface area (Å²) in [5.41, 5.74) is 2.45. The van der Waals surface area contributed by atoms with E-state index in [0.29, 0.717) is 11.0 Å². The van der Waals surface area contributed by atoms with Crippen LogP contribution in [-0.4, -0.2) is 0 Å². The number of fused-ring (bicyclic) bond motifs is 6. The normalized spacial score (nSPS) is 11.7. The van der Waals surface area contributed by atoms with E-state index < -0.39 is 0 Å². The Bertz CT molecular complexity index is 1590. The summed E-state index contributed by atoms with van der Waals surface area (Å²) in [6.07, 6.45) is 0. The maximum atomic E-state index is 12.6. The number of thiophene rings is 1. The van der Waals surface area contributed by atoms with Gasteiger partial charge in [-0.25, -0.2) is 4.79 Å². The van der Waals surface area contributed by atoms with Crippen LogP contribution in [0.5, 0.6) is 0 Å². The van der Waals surface area contributed by atoms with Crippen LogP contribution in [0.25, 0.3) is 53.0 Å². The van der Waals surface area contributed by atoms with Gasteiger partial charge in [-0.1, -0.05) is 54.6 Å². The zero-order valence-corrected chi connectivity index (χ0v) is 15.6. The minimum atomic E-state index is -0.294. The van der Waals surface area contributed by atoms with E-state index in [1.807, 2.05) is 36.4 Å². The molecule has 0 fully saturated rings. The number of para-hydroxylation sites is 1. The van der Waals surface area contributed by atoms with Crippen molar-refractivity contribution in [3.05, 3.63) is 95.3 Å². The highest BCUT2D eigenvalue weighted by molar-refractivity contribution is 7.25. The second-order valence-corrected chi connectivity index (χ2v) is 8.04. The Hall–Kier alpha value is -3.43. The van der Waals surface area contributed by atoms with Crippen LogP contribution in [0, 0.1) is 0 Å². The van der Waals surface area contributed by atoms with E-state index in [4.69, 9.17) is 4.42 Å². The molecule has 0 aliphatic rings. The lowest BCUT2D eigenvalue weighted by Crippen LogP contribution is -1.99. The van der Waals surface area contributed by atoms with Crippen LogP contribution in [0.1, 0.15) is 0 Å². The zero-order chi connectivity index (χ0) is 18.7. The van der Waals surface area contributed by atoms with Crippen molar-refractivity contribution in [3.63, 3.8) is 0 Å². The first kappa shape index (κ1) is 15.6. The fourth-order valence-electron chi connectivity index (χ4n) is 3.97. The molecule has 0 atom stereocenters. The standard InChI is InChI=1S/C25H14O2S/c26-25-21-14-15(9-11-17(21)18-5-1-3-7-22(18)27-25)16-10-12-24-20(13-16)19-6-2-4-8-23(19)28-24/h1-14H. The van der Waals surface area contributed by atoms with Crippen molar-refractivity contribution in [3.8, 4) is 11.1 Å². The first-order chi connectivity index (χ1) is 13.8. The van der Waals surface area contributed by atoms with E-state index in [-0.39, 0.29) is 5.63 Å². The maximum absolute atomic E-state index is 12.6. The molecule has 4 aromatic carbocycles. The lowest BCUT2D eigenvalue weighted by Gasteiger charge is -2.06. The fourth-order valence-corrected chi connectivity index (χ4v) is 5.05. The van der Waals surface area contributed by atoms with Gasteiger partial charge in [-0.15, -0.1) is 11.3 Å². The molecule has 0 aliphatic heterocycles. The van der Waals surface area contributed by atoms with Crippen LogP contribution in [0.3, 0.4) is 0 Å². The van der Waals surface area contributed by atoms with Gasteiger partial charge in [0.15, 0.2) is 0 Å². The van der Waals surface area contributed by atoms with Crippen molar-refractivity contribution in [1.29, 1.82) is 0 Å². The summed E-state index contributed by atoms with van der Waals surface area (Å²) in [5.74, 6) is 0. The van der Waals surface area contributed by atoms with E-state index >= 15 is 0 Å². The average molecular weight is 378 g/mol. The molecule has 132 valence electrons. The van der Waals surface area contributed by atoms with Crippen molar-refractivity contribution in [2.24, 2.45) is 0 Å². The lowest BCUT2D eigenvalue weighted by molar-refractivity contribution is 0.569. The molecule has 2 aromatic heterocycles. The summed E-state index contributed by atoms with van der Waals surface area (Å²) in [6, 6.07) is 28.7. The minimum Gasteiger partial charge on any atom is -0.422 e. The Morgan fingerprint density at radius 3 is 2.14 bits per heavy atom. The molecule has 2 nitrogen and oxygen atoms in total. The quantitative estimate of drug-likeness (QED) is 0.228. The highest BCUT2D eigenvalue weighted by Gasteiger charge is 2.10. The minimum absolute atomic E-state index is 0.294. The van der Waals surface area contributed by atoms with Gasteiger partial charge in [-0.2, -0.15) is 0 Å². The Morgan fingerprint density at radius 1 is 0.571 bits per heavy atom. The average Bonchev–Trinajstić information content (AvgIpc) is 3.11. The molecule has 0 unspecified atom stereocenters. The van der Waals surface area contributed by atoms with Crippen molar-refractivity contribution < 1.29 is 4.42 Å². The lowest BCUT2D eigenvalue weighted by atomic mass is 9.99. The van der Waals surface area contributed by atoms with Gasteiger partial charge in [0.25, 0.3) is 0 Å². The van der Waals surface area contributed by atoms with Gasteiger partial charge in [0.1, 0.15) is 5.58 Å². The van der Waals surface area contributed by atoms with E-state index in [9.17, 15) is 4.79 Å². The van der Waals surface area contributed by atoms with Gasteiger partial charge in [0, 0.05) is 25.6 Å². The highest BCUT2D eigenvalue weighted by atomic mass is 32.1. The molecule has 0 saturated heterocycles. The van der Waals surface area contributed by atoms with Gasteiger partial charge < -0.3 is 4.42 Å². The van der Waals surface area contributed by atoms with Gasteiger partial charge in [-0.3, -0.25) is 0 Å². The van der Waals surface area contributed by atoms with E-state index in [0.717, 1.165) is 21.9 Å². The van der Waals surface area contributed by atoms with Crippen molar-refractivity contribution in [2.75, 3.05) is 0 Å². The second kappa shape index (κ2) is 5.78. The van der Waals surface area contributed by atoms with Gasteiger partial charge >= 0.3 is 5.63 Å². The van der Waals surface area contributed by atoms with Crippen LogP contribution in [-0.2, 0) is 0 Å². The molecule has 0 bridgehead atoms. The highest BCUT2D eigenvalue weighted by Crippen LogP contribution is 2.36. The molecule has 2 heterocycles. The summed E-state index contributed by atoms with van der Waals surface area (Å²) in [5, 5.41) is 5.03. The number of rotatable bonds is 1. The monoisotopic (exact) mass is 378 g/mol. The molecule has 0 saturated carbocycles. The van der Waals surface area contributed by atoms with E-state index in [1.54, 1.807) is 11.3 Å². The molecular formula is C25H14O2S. The largest absolute Gasteiger partial charge is 0.422 e. The third-order valence-corrected chi connectivity index (χ3v) is 6.48. The van der Waals surface area contributed by atoms with Crippen LogP contribution in [0.4, 0.5) is 0 Å². The van der Waals surface area contributed by atoms with E-state index in [1.165, 1.54) is 20.2 Å². The zero-order valence-electron chi connectivity index (χ0n) is 14.8. The van der Waals surface area contributed by atoms with Crippen LogP contribution in [0.2, 0.25) is 0 Å². The number of benzene rings is 4. The van der Waals surface area contributed by atoms with Crippen LogP contribution >= 0.6 is 11.3 Å². The molecule has 0 spiro atoms. The van der Waals surface area contributed by atoms with Crippen molar-refractivity contribution in [2.45, 2.75) is 0 Å². The molecule has 0 amide bonds. The molecule has 6 rings (SSSR count). The number of hydrogen-bond acceptors (Lipinski definition) is 3. The number of hydrogen-bond donors (Lipinski definition) is 0. The third-order valence-electron chi connectivity index (χ3n) is 5.33. The summed E-state index contributed by atoms with van der Waals surface area (Å²) in [6.45, 7) is 0. The molecule has 0 radical (unpaired) electrons. The summed E-state index contributed by atoms with van der Waals surface area (Å²) >= 11 is 1.81. The van der Waals surface area contributed by atoms with Gasteiger partial charge in [0.2, 0.25) is 0 Å². The first-order valence-electron chi connectivity index (χ1n) is 9.15. The Kier molecular flexibility index (Phi) is 3.22. The van der Waals surface area contributed by atoms with Crippen molar-refractivity contribution >= 4 is 53.3 Å². The van der Waals surface area contributed by atoms with Crippen LogP contribution in [0.15, 0.2) is 94.1 Å². The Balaban J connectivity index is 1.62. The SMILES string of the molecule is O=c1oc2ccccc2c2ccc(-c3ccc4sc5ccccc5c4c3)cc12. The molecule has 3 heteroatoms. The van der Waals surface area contributed by atoms with Gasteiger partial charge in [0.05, 0.1) is 5.39 Å². The van der Waals surface area contributed by atoms with Crippen LogP contribution < -0.4 is 5.63 Å². The first-order valence-corrected chi connectivity index (χ1v) is 9.97. The van der Waals surface area contributed by atoms with Gasteiger partial charge in [-0.05, 0) is 46.8 Å². The summed E-state index contributed by atoms with van der Waals surface area (Å²) in [4.78, 5) is 12.6. The van der Waals surface area contributed by atoms with E-state index in [2.05, 4.69) is 48.5 Å². The van der Waals surface area contributed by atoms with Crippen molar-refractivity contribution in [1.82, 2.24) is 0 Å². The molecular weight excluding hydrogens is 364 g/mol. The molecule has 0 N–H and O–H groups in total. The Labute approximate surface area is 164 Å². The molecule has 0 aliphatic carbocycles. The second-order valence-electron chi connectivity index (χ2n) is 6.96. The fraction of sp³-hybridized carbons (Fsp3) is 0. The molecule has 6 aromatic rings. The topological polar surface area (TPSA) is 30.2 Å². The predicted molar refractivity (Wildman–Crippen MR) is 118 cm³/mol. The summed E-state index contributed by atoms with van der Waals surface area (Å²) < 4.78 is 8.09. The smallest absolute Gasteiger partial charge is 0.344 e. The Morgan fingerprint density at radius 2 is 1.25 bits per heavy atom. The predicted octanol–water partition coefficient (Wildman–Crippen LogP) is 6.98. The maximum Gasteiger partial charge on any atom is 0.344 e.